The lowest BCUT2D eigenvalue weighted by atomic mass is 9.90. The second kappa shape index (κ2) is 14.1. The quantitative estimate of drug-likeness (QED) is 0.241. The number of pyridine rings is 1. The summed E-state index contributed by atoms with van der Waals surface area (Å²) in [6, 6.07) is 17.2. The normalized spacial score (nSPS) is 18.9. The van der Waals surface area contributed by atoms with E-state index in [-0.39, 0.29) is 23.0 Å². The summed E-state index contributed by atoms with van der Waals surface area (Å²) in [5.74, 6) is -0.487. The minimum absolute atomic E-state index is 0.0342. The van der Waals surface area contributed by atoms with Crippen molar-refractivity contribution in [1.29, 1.82) is 0 Å². The number of piperazine rings is 1. The SMILES string of the molecule is Cc1oncc1C(=O)NC1CCC(n2c(=O)c3cc(F)cnc3n(-c3cccc(-c4ccc(CN5CCN(C(C)C)CC5)cc4)c3)c2=O)CC1. The largest absolute Gasteiger partial charge is 0.361 e. The number of nitrogens with zero attached hydrogens (tertiary/aromatic N) is 6. The van der Waals surface area contributed by atoms with Crippen molar-refractivity contribution in [3.8, 4) is 16.8 Å². The van der Waals surface area contributed by atoms with E-state index in [4.69, 9.17) is 4.52 Å². The van der Waals surface area contributed by atoms with E-state index in [1.54, 1.807) is 13.0 Å². The second-order valence-electron chi connectivity index (χ2n) is 13.7. The molecule has 50 heavy (non-hydrogen) atoms. The van der Waals surface area contributed by atoms with Crippen molar-refractivity contribution < 1.29 is 13.7 Å². The van der Waals surface area contributed by atoms with Gasteiger partial charge in [0.1, 0.15) is 17.1 Å². The van der Waals surface area contributed by atoms with Gasteiger partial charge >= 0.3 is 5.69 Å². The van der Waals surface area contributed by atoms with Gasteiger partial charge in [0, 0.05) is 50.8 Å². The van der Waals surface area contributed by atoms with E-state index in [1.165, 1.54) is 20.9 Å². The Morgan fingerprint density at radius 1 is 0.960 bits per heavy atom. The number of carbonyl (C=O) groups excluding carboxylic acids is 1. The molecule has 1 saturated carbocycles. The second-order valence-corrected chi connectivity index (χ2v) is 13.7. The average Bonchev–Trinajstić information content (AvgIpc) is 3.56. The maximum absolute atomic E-state index is 14.5. The minimum atomic E-state index is -0.655. The Balaban J connectivity index is 1.14. The first kappa shape index (κ1) is 33.6. The zero-order valence-corrected chi connectivity index (χ0v) is 28.6. The number of hydrogen-bond donors (Lipinski definition) is 1. The topological polar surface area (TPSA) is 118 Å². The third-order valence-corrected chi connectivity index (χ3v) is 10.2. The maximum atomic E-state index is 14.5. The van der Waals surface area contributed by atoms with Gasteiger partial charge in [-0.2, -0.15) is 0 Å². The molecular formula is C38H42FN7O4. The number of hydrogen-bond acceptors (Lipinski definition) is 8. The Labute approximate surface area is 289 Å². The number of rotatable bonds is 8. The number of amides is 1. The van der Waals surface area contributed by atoms with Crippen LogP contribution in [0.5, 0.6) is 0 Å². The highest BCUT2D eigenvalue weighted by atomic mass is 19.1. The van der Waals surface area contributed by atoms with Crippen LogP contribution in [0.4, 0.5) is 4.39 Å². The van der Waals surface area contributed by atoms with Gasteiger partial charge in [-0.15, -0.1) is 0 Å². The Morgan fingerprint density at radius 3 is 2.38 bits per heavy atom. The lowest BCUT2D eigenvalue weighted by Crippen LogP contribution is -2.48. The van der Waals surface area contributed by atoms with Crippen molar-refractivity contribution in [2.75, 3.05) is 26.2 Å². The maximum Gasteiger partial charge on any atom is 0.337 e. The predicted octanol–water partition coefficient (Wildman–Crippen LogP) is 5.09. The molecule has 2 aliphatic rings. The molecule has 1 N–H and O–H groups in total. The van der Waals surface area contributed by atoms with E-state index in [1.807, 2.05) is 18.2 Å². The molecule has 0 bridgehead atoms. The molecule has 1 aliphatic carbocycles. The molecule has 7 rings (SSSR count). The van der Waals surface area contributed by atoms with E-state index in [2.05, 4.69) is 63.4 Å². The highest BCUT2D eigenvalue weighted by molar-refractivity contribution is 5.94. The van der Waals surface area contributed by atoms with Crippen molar-refractivity contribution in [2.24, 2.45) is 0 Å². The number of halogens is 1. The van der Waals surface area contributed by atoms with Crippen LogP contribution < -0.4 is 16.6 Å². The van der Waals surface area contributed by atoms with Gasteiger partial charge < -0.3 is 9.84 Å². The molecule has 2 fully saturated rings. The minimum Gasteiger partial charge on any atom is -0.361 e. The fraction of sp³-hybridized carbons (Fsp3) is 0.395. The molecule has 5 aromatic rings. The third-order valence-electron chi connectivity index (χ3n) is 10.2. The van der Waals surface area contributed by atoms with Crippen LogP contribution in [-0.4, -0.2) is 73.2 Å². The van der Waals surface area contributed by atoms with Crippen LogP contribution in [0.2, 0.25) is 0 Å². The first-order chi connectivity index (χ1) is 24.2. The summed E-state index contributed by atoms with van der Waals surface area (Å²) in [5.41, 5.74) is 3.05. The lowest BCUT2D eigenvalue weighted by Gasteiger charge is -2.36. The summed E-state index contributed by atoms with van der Waals surface area (Å²) in [7, 11) is 0. The lowest BCUT2D eigenvalue weighted by molar-refractivity contribution is 0.0920. The van der Waals surface area contributed by atoms with Crippen molar-refractivity contribution >= 4 is 16.9 Å². The van der Waals surface area contributed by atoms with Crippen molar-refractivity contribution in [3.05, 3.63) is 111 Å². The molecule has 2 aromatic carbocycles. The third kappa shape index (κ3) is 6.77. The molecule has 1 saturated heterocycles. The predicted molar refractivity (Wildman–Crippen MR) is 189 cm³/mol. The summed E-state index contributed by atoms with van der Waals surface area (Å²) < 4.78 is 22.2. The van der Waals surface area contributed by atoms with Gasteiger partial charge in [-0.25, -0.2) is 18.7 Å². The van der Waals surface area contributed by atoms with Gasteiger partial charge in [0.2, 0.25) is 0 Å². The zero-order chi connectivity index (χ0) is 34.9. The number of nitrogens with one attached hydrogen (secondary N) is 1. The Kier molecular flexibility index (Phi) is 9.48. The van der Waals surface area contributed by atoms with Crippen LogP contribution in [0, 0.1) is 12.7 Å². The van der Waals surface area contributed by atoms with Crippen LogP contribution in [0.1, 0.15) is 67.3 Å². The number of fused-ring (bicyclic) bond motifs is 1. The van der Waals surface area contributed by atoms with E-state index >= 15 is 0 Å². The average molecular weight is 680 g/mol. The number of carbonyl (C=O) groups is 1. The molecule has 1 aliphatic heterocycles. The van der Waals surface area contributed by atoms with Crippen LogP contribution in [-0.2, 0) is 6.54 Å². The summed E-state index contributed by atoms with van der Waals surface area (Å²) in [6.07, 6.45) is 4.50. The van der Waals surface area contributed by atoms with Gasteiger partial charge in [0.15, 0.2) is 5.65 Å². The number of aryl methyl sites for hydroxylation is 1. The molecule has 260 valence electrons. The monoisotopic (exact) mass is 679 g/mol. The van der Waals surface area contributed by atoms with E-state index in [0.717, 1.165) is 56.1 Å². The fourth-order valence-electron chi connectivity index (χ4n) is 7.32. The molecule has 0 atom stereocenters. The number of benzene rings is 2. The van der Waals surface area contributed by atoms with Crippen molar-refractivity contribution in [3.63, 3.8) is 0 Å². The van der Waals surface area contributed by atoms with Gasteiger partial charge in [0.25, 0.3) is 11.5 Å². The molecule has 4 heterocycles. The Bertz CT molecular complexity index is 2120. The molecule has 3 aromatic heterocycles. The zero-order valence-electron chi connectivity index (χ0n) is 28.6. The first-order valence-corrected chi connectivity index (χ1v) is 17.4. The fourth-order valence-corrected chi connectivity index (χ4v) is 7.32. The summed E-state index contributed by atoms with van der Waals surface area (Å²) in [4.78, 5) is 50.0. The Morgan fingerprint density at radius 2 is 1.70 bits per heavy atom. The smallest absolute Gasteiger partial charge is 0.337 e. The van der Waals surface area contributed by atoms with Crippen molar-refractivity contribution in [2.45, 2.75) is 71.1 Å². The van der Waals surface area contributed by atoms with Gasteiger partial charge in [-0.3, -0.25) is 24.0 Å². The molecule has 1 amide bonds. The van der Waals surface area contributed by atoms with E-state index < -0.39 is 23.1 Å². The molecule has 11 nitrogen and oxygen atoms in total. The van der Waals surface area contributed by atoms with Crippen molar-refractivity contribution in [1.82, 2.24) is 34.4 Å². The first-order valence-electron chi connectivity index (χ1n) is 17.4. The van der Waals surface area contributed by atoms with Gasteiger partial charge in [-0.05, 0) is 81.3 Å². The molecular weight excluding hydrogens is 637 g/mol. The van der Waals surface area contributed by atoms with Gasteiger partial charge in [0.05, 0.1) is 23.5 Å². The summed E-state index contributed by atoms with van der Waals surface area (Å²) in [6.45, 7) is 11.3. The molecule has 0 radical (unpaired) electrons. The highest BCUT2D eigenvalue weighted by Gasteiger charge is 2.29. The van der Waals surface area contributed by atoms with Crippen LogP contribution >= 0.6 is 0 Å². The highest BCUT2D eigenvalue weighted by Crippen LogP contribution is 2.29. The van der Waals surface area contributed by atoms with E-state index in [0.29, 0.717) is 48.7 Å². The standard InChI is InChI=1S/C38H42FN7O4/c1-24(2)44-17-15-43(16-18-44)23-26-7-9-27(10-8-26)28-5-4-6-32(19-28)45-35-33(20-29(39)21-40-35)37(48)46(38(45)49)31-13-11-30(12-14-31)42-36(47)34-22-41-50-25(34)3/h4-10,19-22,24,30-31H,11-18,23H2,1-3H3,(H,42,47). The van der Waals surface area contributed by atoms with E-state index in [9.17, 15) is 18.8 Å². The van der Waals surface area contributed by atoms with Crippen LogP contribution in [0.3, 0.4) is 0 Å². The summed E-state index contributed by atoms with van der Waals surface area (Å²) >= 11 is 0. The molecule has 12 heteroatoms. The van der Waals surface area contributed by atoms with Gasteiger partial charge in [-0.1, -0.05) is 41.6 Å². The van der Waals surface area contributed by atoms with Crippen LogP contribution in [0.25, 0.3) is 27.8 Å². The Hall–Kier alpha value is -4.94. The molecule has 0 spiro atoms. The molecule has 0 unspecified atom stereocenters. The number of aromatic nitrogens is 4. The summed E-state index contributed by atoms with van der Waals surface area (Å²) in [5, 5.41) is 6.73. The van der Waals surface area contributed by atoms with Crippen LogP contribution in [0.15, 0.2) is 81.1 Å².